The van der Waals surface area contributed by atoms with Crippen LogP contribution in [0.5, 0.6) is 0 Å². The molecule has 0 amide bonds. The quantitative estimate of drug-likeness (QED) is 0.255. The second-order valence-electron chi connectivity index (χ2n) is 1.47. The molecule has 0 saturated carbocycles. The Hall–Kier alpha value is 0.960. The van der Waals surface area contributed by atoms with E-state index in [9.17, 15) is 0 Å². The van der Waals surface area contributed by atoms with Gasteiger partial charge in [0.15, 0.2) is 0 Å². The van der Waals surface area contributed by atoms with Crippen LogP contribution in [0.15, 0.2) is 0 Å². The summed E-state index contributed by atoms with van der Waals surface area (Å²) < 4.78 is 5.07. The summed E-state index contributed by atoms with van der Waals surface area (Å²) in [5.74, 6) is 0. The molecular weight excluding hydrogens is 111 g/mol. The van der Waals surface area contributed by atoms with Crippen molar-refractivity contribution < 1.29 is 34.3 Å². The minimum Gasteiger partial charge on any atom is -0.384 e. The van der Waals surface area contributed by atoms with Crippen molar-refractivity contribution in [2.24, 2.45) is 0 Å². The second-order valence-corrected chi connectivity index (χ2v) is 1.47. The van der Waals surface area contributed by atoms with Gasteiger partial charge in [0.25, 0.3) is 0 Å². The van der Waals surface area contributed by atoms with E-state index < -0.39 is 0 Å². The normalized spacial score (nSPS) is 8.25. The van der Waals surface area contributed by atoms with Gasteiger partial charge in [-0.15, -0.1) is 0 Å². The molecule has 1 nitrogen and oxygen atoms in total. The van der Waals surface area contributed by atoms with Crippen molar-refractivity contribution in [3.8, 4) is 0 Å². The molecule has 0 aliphatic carbocycles. The summed E-state index contributed by atoms with van der Waals surface area (Å²) >= 11 is 0. The molecule has 0 aromatic heterocycles. The largest absolute Gasteiger partial charge is 1.00 e. The zero-order valence-electron chi connectivity index (χ0n) is 5.94. The Kier molecular flexibility index (Phi) is 15.9. The Balaban J connectivity index is 0. The predicted molar refractivity (Wildman–Crippen MR) is 31.1 cm³/mol. The molecule has 8 heavy (non-hydrogen) atoms. The molecular formula is C6H13NaO. The number of hydrogen-bond acceptors (Lipinski definition) is 1. The Labute approximate surface area is 74.1 Å². The van der Waals surface area contributed by atoms with Gasteiger partial charge in [-0.3, -0.25) is 0 Å². The van der Waals surface area contributed by atoms with Gasteiger partial charge in [-0.2, -0.15) is 6.42 Å². The number of rotatable bonds is 4. The van der Waals surface area contributed by atoms with Crippen molar-refractivity contribution in [2.75, 3.05) is 13.2 Å². The first-order valence-corrected chi connectivity index (χ1v) is 2.78. The molecule has 44 valence electrons. The van der Waals surface area contributed by atoms with Crippen LogP contribution in [-0.4, -0.2) is 13.2 Å². The van der Waals surface area contributed by atoms with Crippen molar-refractivity contribution >= 4 is 0 Å². The number of ether oxygens (including phenoxy) is 1. The van der Waals surface area contributed by atoms with Gasteiger partial charge < -0.3 is 11.7 Å². The average molecular weight is 124 g/mol. The van der Waals surface area contributed by atoms with Gasteiger partial charge in [-0.25, -0.2) is 0 Å². The molecule has 0 unspecified atom stereocenters. The first-order valence-electron chi connectivity index (χ1n) is 2.78. The third kappa shape index (κ3) is 10.0. The first kappa shape index (κ1) is 11.7. The molecule has 2 heteroatoms. The van der Waals surface area contributed by atoms with Gasteiger partial charge in [0, 0.05) is 13.2 Å². The maximum Gasteiger partial charge on any atom is 1.00 e. The fraction of sp³-hybridized carbons (Fsp3) is 0.833. The van der Waals surface area contributed by atoms with Gasteiger partial charge in [0.1, 0.15) is 0 Å². The predicted octanol–water partition coefficient (Wildman–Crippen LogP) is -1.36. The van der Waals surface area contributed by atoms with E-state index in [4.69, 9.17) is 4.74 Å². The molecule has 0 aliphatic heterocycles. The summed E-state index contributed by atoms with van der Waals surface area (Å²) in [7, 11) is 0. The third-order valence-corrected chi connectivity index (χ3v) is 0.637. The Morgan fingerprint density at radius 2 is 2.00 bits per heavy atom. The maximum atomic E-state index is 5.07. The SMILES string of the molecule is [CH2-]CCOCCC.[Na+]. The summed E-state index contributed by atoms with van der Waals surface area (Å²) in [6, 6.07) is 0. The van der Waals surface area contributed by atoms with Crippen LogP contribution in [0, 0.1) is 6.92 Å². The Morgan fingerprint density at radius 3 is 2.38 bits per heavy atom. The van der Waals surface area contributed by atoms with Gasteiger partial charge in [0.2, 0.25) is 0 Å². The summed E-state index contributed by atoms with van der Waals surface area (Å²) in [6.45, 7) is 7.43. The first-order chi connectivity index (χ1) is 3.41. The molecule has 0 aromatic rings. The molecule has 0 aliphatic rings. The summed E-state index contributed by atoms with van der Waals surface area (Å²) in [6.07, 6.45) is 2.00. The van der Waals surface area contributed by atoms with Crippen molar-refractivity contribution in [1.82, 2.24) is 0 Å². The van der Waals surface area contributed by atoms with Crippen LogP contribution in [0.1, 0.15) is 19.8 Å². The minimum atomic E-state index is 0. The van der Waals surface area contributed by atoms with E-state index in [1.54, 1.807) is 0 Å². The average Bonchev–Trinajstić information content (AvgIpc) is 1.69. The van der Waals surface area contributed by atoms with Gasteiger partial charge in [-0.05, 0) is 6.42 Å². The van der Waals surface area contributed by atoms with Crippen molar-refractivity contribution in [3.63, 3.8) is 0 Å². The van der Waals surface area contributed by atoms with E-state index in [0.717, 1.165) is 26.1 Å². The molecule has 0 bridgehead atoms. The second kappa shape index (κ2) is 10.9. The number of hydrogen-bond donors (Lipinski definition) is 0. The van der Waals surface area contributed by atoms with E-state index in [0.29, 0.717) is 0 Å². The van der Waals surface area contributed by atoms with E-state index in [2.05, 4.69) is 13.8 Å². The van der Waals surface area contributed by atoms with E-state index in [-0.39, 0.29) is 29.6 Å². The van der Waals surface area contributed by atoms with E-state index in [1.165, 1.54) is 0 Å². The van der Waals surface area contributed by atoms with Gasteiger partial charge in [0.05, 0.1) is 0 Å². The molecule has 0 rings (SSSR count). The topological polar surface area (TPSA) is 9.23 Å². The molecule has 0 aromatic carbocycles. The van der Waals surface area contributed by atoms with Crippen LogP contribution >= 0.6 is 0 Å². The molecule has 0 saturated heterocycles. The fourth-order valence-electron chi connectivity index (χ4n) is 0.348. The summed E-state index contributed by atoms with van der Waals surface area (Å²) in [5, 5.41) is 0. The molecule has 0 atom stereocenters. The fourth-order valence-corrected chi connectivity index (χ4v) is 0.348. The molecule has 0 N–H and O–H groups in total. The van der Waals surface area contributed by atoms with Gasteiger partial charge in [-0.1, -0.05) is 6.92 Å². The van der Waals surface area contributed by atoms with Crippen LogP contribution in [-0.2, 0) is 4.74 Å². The van der Waals surface area contributed by atoms with E-state index in [1.807, 2.05) is 0 Å². The van der Waals surface area contributed by atoms with Crippen LogP contribution in [0.3, 0.4) is 0 Å². The molecule has 0 spiro atoms. The molecule has 0 fully saturated rings. The Morgan fingerprint density at radius 1 is 1.38 bits per heavy atom. The molecule has 0 heterocycles. The van der Waals surface area contributed by atoms with Gasteiger partial charge >= 0.3 is 29.6 Å². The summed E-state index contributed by atoms with van der Waals surface area (Å²) in [5.41, 5.74) is 0. The maximum absolute atomic E-state index is 5.07. The monoisotopic (exact) mass is 124 g/mol. The molecule has 0 radical (unpaired) electrons. The zero-order chi connectivity index (χ0) is 5.54. The minimum absolute atomic E-state index is 0. The smallest absolute Gasteiger partial charge is 0.384 e. The van der Waals surface area contributed by atoms with Crippen molar-refractivity contribution in [2.45, 2.75) is 19.8 Å². The van der Waals surface area contributed by atoms with E-state index >= 15 is 0 Å². The zero-order valence-corrected chi connectivity index (χ0v) is 7.94. The summed E-state index contributed by atoms with van der Waals surface area (Å²) in [4.78, 5) is 0. The standard InChI is InChI=1S/C6H13O.Na/c1-3-5-7-6-4-2;/h1,3-6H2,2H3;/q-1;+1. The van der Waals surface area contributed by atoms with Crippen LogP contribution in [0.2, 0.25) is 0 Å². The van der Waals surface area contributed by atoms with Crippen molar-refractivity contribution in [3.05, 3.63) is 6.92 Å². The third-order valence-electron chi connectivity index (χ3n) is 0.637. The van der Waals surface area contributed by atoms with Crippen LogP contribution < -0.4 is 29.6 Å². The van der Waals surface area contributed by atoms with Crippen LogP contribution in [0.4, 0.5) is 0 Å². The van der Waals surface area contributed by atoms with Crippen LogP contribution in [0.25, 0.3) is 0 Å². The van der Waals surface area contributed by atoms with Crippen molar-refractivity contribution in [1.29, 1.82) is 0 Å². The Bertz CT molecular complexity index is 27.7.